The number of hydrogen-bond acceptors (Lipinski definition) is 3. The number of nitriles is 1. The van der Waals surface area contributed by atoms with Crippen LogP contribution in [0.1, 0.15) is 44.4 Å². The van der Waals surface area contributed by atoms with E-state index in [4.69, 9.17) is 4.74 Å². The normalized spacial score (nSPS) is 13.4. The van der Waals surface area contributed by atoms with Gasteiger partial charge in [0.25, 0.3) is 5.91 Å². The van der Waals surface area contributed by atoms with Gasteiger partial charge in [0.05, 0.1) is 12.1 Å². The van der Waals surface area contributed by atoms with E-state index in [1.165, 1.54) is 0 Å². The number of nitrogens with zero attached hydrogens (tertiary/aromatic N) is 1. The minimum absolute atomic E-state index is 0.0726. The van der Waals surface area contributed by atoms with Crippen LogP contribution in [0.5, 0.6) is 5.75 Å². The summed E-state index contributed by atoms with van der Waals surface area (Å²) in [6.07, 6.45) is 2.66. The highest BCUT2D eigenvalue weighted by molar-refractivity contribution is 6.01. The lowest BCUT2D eigenvalue weighted by atomic mass is 10.1. The van der Waals surface area contributed by atoms with Crippen LogP contribution in [0.4, 0.5) is 0 Å². The summed E-state index contributed by atoms with van der Waals surface area (Å²) in [5.41, 5.74) is 1.84. The Bertz CT molecular complexity index is 789. The number of rotatable bonds is 7. The predicted octanol–water partition coefficient (Wildman–Crippen LogP) is 4.65. The first-order valence-corrected chi connectivity index (χ1v) is 8.77. The SMILES string of the molecule is CC[C@@H](C)Oc1ccc(/C=C(/C#N)C(=O)N[C@H](C)c2ccccc2)cc1. The van der Waals surface area contributed by atoms with E-state index in [1.54, 1.807) is 6.08 Å². The van der Waals surface area contributed by atoms with Gasteiger partial charge in [0, 0.05) is 0 Å². The first-order chi connectivity index (χ1) is 12.5. The standard InChI is InChI=1S/C22H24N2O2/c1-4-16(2)26-21-12-10-18(11-13-21)14-20(15-23)22(25)24-17(3)19-8-6-5-7-9-19/h5-14,16-17H,4H2,1-3H3,(H,24,25)/b20-14-/t16-,17-/m1/s1. The molecule has 134 valence electrons. The molecule has 0 aromatic heterocycles. The molecule has 0 unspecified atom stereocenters. The Morgan fingerprint density at radius 2 is 1.81 bits per heavy atom. The van der Waals surface area contributed by atoms with E-state index < -0.39 is 0 Å². The number of benzene rings is 2. The van der Waals surface area contributed by atoms with E-state index in [9.17, 15) is 10.1 Å². The van der Waals surface area contributed by atoms with Crippen LogP contribution in [-0.4, -0.2) is 12.0 Å². The zero-order valence-electron chi connectivity index (χ0n) is 15.4. The quantitative estimate of drug-likeness (QED) is 0.585. The van der Waals surface area contributed by atoms with Crippen molar-refractivity contribution in [3.63, 3.8) is 0 Å². The number of carbonyl (C=O) groups excluding carboxylic acids is 1. The van der Waals surface area contributed by atoms with E-state index in [1.807, 2.05) is 74.5 Å². The lowest BCUT2D eigenvalue weighted by Gasteiger charge is -2.14. The lowest BCUT2D eigenvalue weighted by Crippen LogP contribution is -2.27. The third-order valence-electron chi connectivity index (χ3n) is 4.12. The minimum Gasteiger partial charge on any atom is -0.491 e. The third kappa shape index (κ3) is 5.49. The van der Waals surface area contributed by atoms with Crippen LogP contribution in [0.2, 0.25) is 0 Å². The molecule has 4 heteroatoms. The molecule has 0 saturated heterocycles. The fourth-order valence-electron chi connectivity index (χ4n) is 2.37. The molecule has 1 amide bonds. The Hall–Kier alpha value is -3.06. The molecule has 4 nitrogen and oxygen atoms in total. The Kier molecular flexibility index (Phi) is 6.99. The largest absolute Gasteiger partial charge is 0.491 e. The van der Waals surface area contributed by atoms with Gasteiger partial charge >= 0.3 is 0 Å². The Labute approximate surface area is 155 Å². The van der Waals surface area contributed by atoms with E-state index in [0.717, 1.165) is 23.3 Å². The molecule has 0 spiro atoms. The zero-order chi connectivity index (χ0) is 18.9. The molecule has 0 fully saturated rings. The predicted molar refractivity (Wildman–Crippen MR) is 103 cm³/mol. The molecule has 2 atom stereocenters. The molecule has 2 aromatic carbocycles. The molecule has 0 aliphatic carbocycles. The summed E-state index contributed by atoms with van der Waals surface area (Å²) in [5.74, 6) is 0.390. The Morgan fingerprint density at radius 1 is 1.15 bits per heavy atom. The van der Waals surface area contributed by atoms with Gasteiger partial charge in [-0.05, 0) is 49.6 Å². The van der Waals surface area contributed by atoms with Crippen molar-refractivity contribution in [3.05, 3.63) is 71.3 Å². The lowest BCUT2D eigenvalue weighted by molar-refractivity contribution is -0.117. The van der Waals surface area contributed by atoms with Crippen molar-refractivity contribution in [2.45, 2.75) is 39.3 Å². The van der Waals surface area contributed by atoms with Crippen LogP contribution >= 0.6 is 0 Å². The van der Waals surface area contributed by atoms with E-state index in [0.29, 0.717) is 0 Å². The van der Waals surface area contributed by atoms with Gasteiger partial charge in [0.15, 0.2) is 0 Å². The second kappa shape index (κ2) is 9.43. The van der Waals surface area contributed by atoms with Crippen molar-refractivity contribution in [3.8, 4) is 11.8 Å². The van der Waals surface area contributed by atoms with Crippen LogP contribution in [0.3, 0.4) is 0 Å². The highest BCUT2D eigenvalue weighted by Crippen LogP contribution is 2.17. The Balaban J connectivity index is 2.07. The summed E-state index contributed by atoms with van der Waals surface area (Å²) in [4.78, 5) is 12.4. The molecule has 0 aliphatic heterocycles. The summed E-state index contributed by atoms with van der Waals surface area (Å²) in [6, 6.07) is 18.8. The summed E-state index contributed by atoms with van der Waals surface area (Å²) in [5, 5.41) is 12.2. The van der Waals surface area contributed by atoms with Gasteiger partial charge in [-0.1, -0.05) is 49.4 Å². The molecule has 0 bridgehead atoms. The molecular formula is C22H24N2O2. The minimum atomic E-state index is -0.385. The molecule has 0 radical (unpaired) electrons. The monoisotopic (exact) mass is 348 g/mol. The number of hydrogen-bond donors (Lipinski definition) is 1. The molecule has 0 aliphatic rings. The van der Waals surface area contributed by atoms with Gasteiger partial charge in [-0.2, -0.15) is 5.26 Å². The van der Waals surface area contributed by atoms with Crippen LogP contribution in [-0.2, 0) is 4.79 Å². The van der Waals surface area contributed by atoms with Crippen molar-refractivity contribution >= 4 is 12.0 Å². The van der Waals surface area contributed by atoms with Gasteiger partial charge < -0.3 is 10.1 Å². The van der Waals surface area contributed by atoms with E-state index in [2.05, 4.69) is 12.2 Å². The van der Waals surface area contributed by atoms with Crippen molar-refractivity contribution in [1.29, 1.82) is 5.26 Å². The van der Waals surface area contributed by atoms with Crippen LogP contribution in [0, 0.1) is 11.3 Å². The highest BCUT2D eigenvalue weighted by Gasteiger charge is 2.13. The maximum absolute atomic E-state index is 12.4. The second-order valence-electron chi connectivity index (χ2n) is 6.18. The highest BCUT2D eigenvalue weighted by atomic mass is 16.5. The average Bonchev–Trinajstić information content (AvgIpc) is 2.67. The van der Waals surface area contributed by atoms with Gasteiger partial charge in [-0.15, -0.1) is 0 Å². The summed E-state index contributed by atoms with van der Waals surface area (Å²) < 4.78 is 5.73. The smallest absolute Gasteiger partial charge is 0.262 e. The average molecular weight is 348 g/mol. The first kappa shape index (κ1) is 19.3. The van der Waals surface area contributed by atoms with Crippen molar-refractivity contribution in [2.24, 2.45) is 0 Å². The summed E-state index contributed by atoms with van der Waals surface area (Å²) in [7, 11) is 0. The third-order valence-corrected chi connectivity index (χ3v) is 4.12. The maximum Gasteiger partial charge on any atom is 0.262 e. The summed E-state index contributed by atoms with van der Waals surface area (Å²) in [6.45, 7) is 5.97. The fraction of sp³-hybridized carbons (Fsp3) is 0.273. The van der Waals surface area contributed by atoms with E-state index in [-0.39, 0.29) is 23.6 Å². The van der Waals surface area contributed by atoms with Gasteiger partial charge in [0.2, 0.25) is 0 Å². The van der Waals surface area contributed by atoms with Crippen molar-refractivity contribution < 1.29 is 9.53 Å². The summed E-state index contributed by atoms with van der Waals surface area (Å²) >= 11 is 0. The van der Waals surface area contributed by atoms with Crippen molar-refractivity contribution in [2.75, 3.05) is 0 Å². The van der Waals surface area contributed by atoms with Crippen molar-refractivity contribution in [1.82, 2.24) is 5.32 Å². The van der Waals surface area contributed by atoms with Crippen LogP contribution < -0.4 is 10.1 Å². The molecule has 1 N–H and O–H groups in total. The molecular weight excluding hydrogens is 324 g/mol. The fourth-order valence-corrected chi connectivity index (χ4v) is 2.37. The number of nitrogens with one attached hydrogen (secondary N) is 1. The first-order valence-electron chi connectivity index (χ1n) is 8.77. The van der Waals surface area contributed by atoms with Gasteiger partial charge in [-0.3, -0.25) is 4.79 Å². The molecule has 0 saturated carbocycles. The molecule has 0 heterocycles. The maximum atomic E-state index is 12.4. The zero-order valence-corrected chi connectivity index (χ0v) is 15.4. The number of carbonyl (C=O) groups is 1. The van der Waals surface area contributed by atoms with E-state index >= 15 is 0 Å². The molecule has 2 rings (SSSR count). The van der Waals surface area contributed by atoms with Gasteiger partial charge in [0.1, 0.15) is 17.4 Å². The number of amides is 1. The topological polar surface area (TPSA) is 62.1 Å². The second-order valence-corrected chi connectivity index (χ2v) is 6.18. The molecule has 26 heavy (non-hydrogen) atoms. The molecule has 2 aromatic rings. The van der Waals surface area contributed by atoms with Crippen LogP contribution in [0.25, 0.3) is 6.08 Å². The van der Waals surface area contributed by atoms with Crippen LogP contribution in [0.15, 0.2) is 60.2 Å². The van der Waals surface area contributed by atoms with Gasteiger partial charge in [-0.25, -0.2) is 0 Å². The number of ether oxygens (including phenoxy) is 1. The Morgan fingerprint density at radius 3 is 2.38 bits per heavy atom.